The molecule has 23 heavy (non-hydrogen) atoms. The lowest BCUT2D eigenvalue weighted by molar-refractivity contribution is 0.636. The van der Waals surface area contributed by atoms with Gasteiger partial charge in [-0.2, -0.15) is 0 Å². The summed E-state index contributed by atoms with van der Waals surface area (Å²) >= 11 is 0. The van der Waals surface area contributed by atoms with Gasteiger partial charge in [0.15, 0.2) is 0 Å². The number of benzene rings is 1. The molecule has 0 bridgehead atoms. The fraction of sp³-hybridized carbons (Fsp3) is 0.524. The van der Waals surface area contributed by atoms with Gasteiger partial charge in [-0.15, -0.1) is 6.58 Å². The summed E-state index contributed by atoms with van der Waals surface area (Å²) in [7, 11) is 0.500. The first kappa shape index (κ1) is 29.6. The first-order valence-electron chi connectivity index (χ1n) is 8.35. The van der Waals surface area contributed by atoms with Crippen molar-refractivity contribution in [3.05, 3.63) is 59.7 Å². The van der Waals surface area contributed by atoms with Gasteiger partial charge in [0.2, 0.25) is 0 Å². The van der Waals surface area contributed by atoms with Crippen molar-refractivity contribution in [2.45, 2.75) is 61.3 Å². The lowest BCUT2D eigenvalue weighted by Crippen LogP contribution is -1.99. The van der Waals surface area contributed by atoms with E-state index < -0.39 is 0 Å². The van der Waals surface area contributed by atoms with Gasteiger partial charge in [0, 0.05) is 0 Å². The molecule has 0 aliphatic rings. The second-order valence-corrected chi connectivity index (χ2v) is 4.57. The van der Waals surface area contributed by atoms with Crippen LogP contribution in [0.3, 0.4) is 0 Å². The first-order chi connectivity index (χ1) is 11.0. The highest BCUT2D eigenvalue weighted by molar-refractivity contribution is 5.13. The Balaban J connectivity index is -0.000000114. The molecule has 1 rings (SSSR count). The number of nitrogens with two attached hydrogens (primary N) is 1. The predicted molar refractivity (Wildman–Crippen MR) is 108 cm³/mol. The van der Waals surface area contributed by atoms with E-state index in [4.69, 9.17) is 5.73 Å². The number of allylic oxidation sites excluding steroid dienone is 2. The summed E-state index contributed by atoms with van der Waals surface area (Å²) in [5.74, 6) is 0. The number of halogens is 1. The van der Waals surface area contributed by atoms with Gasteiger partial charge < -0.3 is 5.73 Å². The number of aryl methyl sites for hydroxylation is 1. The minimum Gasteiger partial charge on any atom is -0.330 e. The van der Waals surface area contributed by atoms with Crippen LogP contribution in [0.15, 0.2) is 54.1 Å². The van der Waals surface area contributed by atoms with Gasteiger partial charge in [-0.3, -0.25) is 4.39 Å². The summed E-state index contributed by atoms with van der Waals surface area (Å²) in [6.45, 7) is 18.5. The maximum Gasteiger partial charge on any atom is 0.0785 e. The molecule has 0 spiro atoms. The van der Waals surface area contributed by atoms with Crippen molar-refractivity contribution in [3.63, 3.8) is 0 Å². The molecule has 0 amide bonds. The Morgan fingerprint density at radius 2 is 1.48 bits per heavy atom. The van der Waals surface area contributed by atoms with Crippen molar-refractivity contribution in [1.82, 2.24) is 0 Å². The molecule has 0 aliphatic heterocycles. The van der Waals surface area contributed by atoms with Crippen molar-refractivity contribution >= 4 is 0 Å². The fourth-order valence-electron chi connectivity index (χ4n) is 1.18. The van der Waals surface area contributed by atoms with Gasteiger partial charge in [-0.1, -0.05) is 68.3 Å². The number of hydrogen-bond donors (Lipinski definition) is 1. The monoisotopic (exact) mass is 325 g/mol. The van der Waals surface area contributed by atoms with Crippen LogP contribution < -0.4 is 5.73 Å². The van der Waals surface area contributed by atoms with Gasteiger partial charge in [0.1, 0.15) is 0 Å². The van der Waals surface area contributed by atoms with Gasteiger partial charge in [-0.05, 0) is 52.6 Å². The van der Waals surface area contributed by atoms with Crippen LogP contribution in [0.1, 0.15) is 60.5 Å². The van der Waals surface area contributed by atoms with Crippen molar-refractivity contribution in [2.24, 2.45) is 5.73 Å². The molecule has 0 saturated carbocycles. The van der Waals surface area contributed by atoms with E-state index in [1.54, 1.807) is 6.08 Å². The number of rotatable bonds is 3. The molecule has 0 saturated heterocycles. The zero-order chi connectivity index (χ0) is 19.1. The maximum absolute atomic E-state index is 9.50. The first-order valence-corrected chi connectivity index (χ1v) is 8.35. The molecule has 1 aromatic rings. The second-order valence-electron chi connectivity index (χ2n) is 4.57. The summed E-state index contributed by atoms with van der Waals surface area (Å²) in [5.41, 5.74) is 9.56. The third-order valence-corrected chi connectivity index (χ3v) is 2.62. The normalized spacial score (nSPS) is 7.39. The highest BCUT2D eigenvalue weighted by atomic mass is 19.1. The molecule has 0 heterocycles. The Morgan fingerprint density at radius 1 is 1.09 bits per heavy atom. The molecule has 0 fully saturated rings. The molecule has 2 N–H and O–H groups in total. The summed E-state index contributed by atoms with van der Waals surface area (Å²) in [6, 6.07) is 10.5. The maximum atomic E-state index is 9.50. The predicted octanol–water partition coefficient (Wildman–Crippen LogP) is 6.74. The van der Waals surface area contributed by atoms with Crippen LogP contribution in [0.4, 0.5) is 4.39 Å². The van der Waals surface area contributed by atoms with Crippen molar-refractivity contribution in [2.75, 3.05) is 13.7 Å². The zero-order valence-corrected chi connectivity index (χ0v) is 16.7. The fourth-order valence-corrected chi connectivity index (χ4v) is 1.18. The van der Waals surface area contributed by atoms with E-state index in [1.807, 2.05) is 26.8 Å². The van der Waals surface area contributed by atoms with E-state index in [0.29, 0.717) is 7.18 Å². The van der Waals surface area contributed by atoms with Crippen molar-refractivity contribution < 1.29 is 4.39 Å². The van der Waals surface area contributed by atoms with E-state index in [-0.39, 0.29) is 0 Å². The van der Waals surface area contributed by atoms with Crippen molar-refractivity contribution in [3.8, 4) is 0 Å². The Hall–Kier alpha value is -1.41. The Kier molecular flexibility index (Phi) is 36.9. The van der Waals surface area contributed by atoms with E-state index in [0.717, 1.165) is 19.4 Å². The average molecular weight is 326 g/mol. The summed E-state index contributed by atoms with van der Waals surface area (Å²) < 4.78 is 9.50. The van der Waals surface area contributed by atoms with E-state index in [1.165, 1.54) is 16.7 Å². The average Bonchev–Trinajstić information content (AvgIpc) is 2.60. The molecule has 0 aromatic heterocycles. The minimum absolute atomic E-state index is 0.500. The molecule has 1 nitrogen and oxygen atoms in total. The third kappa shape index (κ3) is 29.3. The topological polar surface area (TPSA) is 26.0 Å². The summed E-state index contributed by atoms with van der Waals surface area (Å²) in [5, 5.41) is 0. The van der Waals surface area contributed by atoms with E-state index in [9.17, 15) is 4.39 Å². The molecular formula is C21H40FN. The van der Waals surface area contributed by atoms with E-state index >= 15 is 0 Å². The number of alkyl halides is 1. The smallest absolute Gasteiger partial charge is 0.0785 e. The quantitative estimate of drug-likeness (QED) is 0.611. The largest absolute Gasteiger partial charge is 0.330 e. The van der Waals surface area contributed by atoms with E-state index in [2.05, 4.69) is 58.5 Å². The van der Waals surface area contributed by atoms with Crippen LogP contribution in [0.25, 0.3) is 0 Å². The SMILES string of the molecule is C=CC.CC.CC(C)=C(C)CCN.CCc1ccccc1.CF. The van der Waals surface area contributed by atoms with Crippen LogP contribution in [0.2, 0.25) is 0 Å². The van der Waals surface area contributed by atoms with Gasteiger partial charge in [0.25, 0.3) is 0 Å². The molecule has 0 aliphatic carbocycles. The van der Waals surface area contributed by atoms with Crippen LogP contribution >= 0.6 is 0 Å². The Labute approximate surface area is 145 Å². The minimum atomic E-state index is 0.500. The number of hydrogen-bond acceptors (Lipinski definition) is 1. The molecule has 2 heteroatoms. The van der Waals surface area contributed by atoms with Crippen LogP contribution in [-0.2, 0) is 6.42 Å². The molecule has 1 aromatic carbocycles. The molecule has 0 unspecified atom stereocenters. The van der Waals surface area contributed by atoms with Gasteiger partial charge >= 0.3 is 0 Å². The summed E-state index contributed by atoms with van der Waals surface area (Å²) in [4.78, 5) is 0. The zero-order valence-electron chi connectivity index (χ0n) is 16.7. The molecule has 0 atom stereocenters. The van der Waals surface area contributed by atoms with Crippen LogP contribution in [-0.4, -0.2) is 13.7 Å². The lowest BCUT2D eigenvalue weighted by atomic mass is 10.1. The Morgan fingerprint density at radius 3 is 1.65 bits per heavy atom. The lowest BCUT2D eigenvalue weighted by Gasteiger charge is -1.98. The van der Waals surface area contributed by atoms with Crippen molar-refractivity contribution in [1.29, 1.82) is 0 Å². The molecular weight excluding hydrogens is 285 g/mol. The van der Waals surface area contributed by atoms with Crippen LogP contribution in [0.5, 0.6) is 0 Å². The highest BCUT2D eigenvalue weighted by Crippen LogP contribution is 2.04. The standard InChI is InChI=1S/C8H10.C7H15N.C3H6.C2H6.CH3F/c1-2-8-6-4-3-5-7-8;1-6(2)7(3)4-5-8;1-3-2;2*1-2/h3-7H,2H2,1H3;4-5,8H2,1-3H3;3H,1H2,2H3;1-2H3;1H3. The molecule has 0 radical (unpaired) electrons. The Bertz CT molecular complexity index is 338. The third-order valence-electron chi connectivity index (χ3n) is 2.62. The second kappa shape index (κ2) is 28.7. The van der Waals surface area contributed by atoms with Gasteiger partial charge in [-0.25, -0.2) is 0 Å². The highest BCUT2D eigenvalue weighted by Gasteiger charge is 1.87. The molecule has 136 valence electrons. The van der Waals surface area contributed by atoms with Crippen LogP contribution in [0, 0.1) is 0 Å². The summed E-state index contributed by atoms with van der Waals surface area (Å²) in [6.07, 6.45) is 3.93. The van der Waals surface area contributed by atoms with Gasteiger partial charge in [0.05, 0.1) is 7.18 Å².